The van der Waals surface area contributed by atoms with Gasteiger partial charge in [0.1, 0.15) is 0 Å². The second kappa shape index (κ2) is 4.21. The normalized spacial score (nSPS) is 10.6. The molecule has 0 heterocycles. The summed E-state index contributed by atoms with van der Waals surface area (Å²) < 4.78 is 35.7. The minimum atomic E-state index is -4.24. The van der Waals surface area contributed by atoms with Gasteiger partial charge in [-0.05, 0) is 0 Å². The minimum absolute atomic E-state index is 0. The van der Waals surface area contributed by atoms with Gasteiger partial charge in [-0.2, -0.15) is 37.8 Å². The van der Waals surface area contributed by atoms with Crippen LogP contribution in [0.15, 0.2) is 24.3 Å². The summed E-state index contributed by atoms with van der Waals surface area (Å²) in [5.41, 5.74) is -0.0529. The van der Waals surface area contributed by atoms with Crippen molar-refractivity contribution >= 4 is 0 Å². The monoisotopic (exact) mass is 182 g/mol. The van der Waals surface area contributed by atoms with Gasteiger partial charge in [-0.15, -0.1) is 12.1 Å². The molecule has 0 fully saturated rings. The number of hydrogen-bond acceptors (Lipinski definition) is 0. The van der Waals surface area contributed by atoms with Gasteiger partial charge in [0, 0.05) is 5.56 Å². The Morgan fingerprint density at radius 1 is 1.00 bits per heavy atom. The Labute approximate surface area is 91.1 Å². The fraction of sp³-hybridized carbons (Fsp3) is 0.125. The van der Waals surface area contributed by atoms with Crippen molar-refractivity contribution in [1.82, 2.24) is 0 Å². The first-order valence-corrected chi connectivity index (χ1v) is 2.99. The smallest absolute Gasteiger partial charge is 0.199 e. The van der Waals surface area contributed by atoms with Gasteiger partial charge in [0.05, 0.1) is 0 Å². The van der Waals surface area contributed by atoms with Crippen molar-refractivity contribution in [2.45, 2.75) is 6.18 Å². The van der Waals surface area contributed by atoms with Crippen molar-refractivity contribution in [2.24, 2.45) is 0 Å². The van der Waals surface area contributed by atoms with Crippen molar-refractivity contribution < 1.29 is 42.7 Å². The van der Waals surface area contributed by atoms with Crippen LogP contribution in [0.3, 0.4) is 0 Å². The van der Waals surface area contributed by atoms with E-state index in [0.717, 1.165) is 12.1 Å². The molecule has 12 heavy (non-hydrogen) atoms. The quantitative estimate of drug-likeness (QED) is 0.388. The largest absolute Gasteiger partial charge is 1.00 e. The van der Waals surface area contributed by atoms with Gasteiger partial charge in [-0.1, -0.05) is 0 Å². The van der Waals surface area contributed by atoms with E-state index in [9.17, 15) is 13.2 Å². The fourth-order valence-electron chi connectivity index (χ4n) is 0.694. The average molecular weight is 182 g/mol. The number of benzene rings is 1. The van der Waals surface area contributed by atoms with Gasteiger partial charge in [-0.25, -0.2) is 0 Å². The molecule has 0 aliphatic carbocycles. The number of hydrogen-bond donors (Lipinski definition) is 0. The third kappa shape index (κ3) is 3.09. The maximum atomic E-state index is 11.9. The van der Waals surface area contributed by atoms with Gasteiger partial charge in [0.15, 0.2) is 0 Å². The third-order valence-electron chi connectivity index (χ3n) is 1.28. The van der Waals surface area contributed by atoms with E-state index in [1.165, 1.54) is 12.1 Å². The standard InChI is InChI=1S/C8H6F3.Na/c1-6-2-4-7(5-3-6)8(9,10)11;/h2-5H,1H2;/q-1;+1. The molecule has 0 spiro atoms. The summed E-state index contributed by atoms with van der Waals surface area (Å²) in [6.45, 7) is 3.48. The first-order chi connectivity index (χ1) is 5.00. The minimum Gasteiger partial charge on any atom is -0.199 e. The van der Waals surface area contributed by atoms with Crippen LogP contribution in [0, 0.1) is 6.92 Å². The Morgan fingerprint density at radius 3 is 1.75 bits per heavy atom. The predicted molar refractivity (Wildman–Crippen MR) is 35.9 cm³/mol. The molecule has 60 valence electrons. The molecule has 0 aromatic heterocycles. The van der Waals surface area contributed by atoms with E-state index in [-0.39, 0.29) is 29.6 Å². The van der Waals surface area contributed by atoms with Crippen LogP contribution in [0.1, 0.15) is 11.1 Å². The summed E-state index contributed by atoms with van der Waals surface area (Å²) in [4.78, 5) is 0. The van der Waals surface area contributed by atoms with Crippen LogP contribution >= 0.6 is 0 Å². The van der Waals surface area contributed by atoms with Crippen LogP contribution in [-0.4, -0.2) is 0 Å². The molecule has 4 heteroatoms. The molecule has 0 radical (unpaired) electrons. The van der Waals surface area contributed by atoms with E-state index in [4.69, 9.17) is 0 Å². The van der Waals surface area contributed by atoms with E-state index in [0.29, 0.717) is 5.56 Å². The molecule has 1 aromatic carbocycles. The van der Waals surface area contributed by atoms with Crippen LogP contribution < -0.4 is 29.6 Å². The summed E-state index contributed by atoms with van der Waals surface area (Å²) in [6, 6.07) is 4.70. The SMILES string of the molecule is [CH2-]c1ccc(C(F)(F)F)cc1.[Na+]. The zero-order chi connectivity index (χ0) is 8.48. The molecule has 0 atom stereocenters. The summed E-state index contributed by atoms with van der Waals surface area (Å²) in [6.07, 6.45) is -4.24. The van der Waals surface area contributed by atoms with E-state index >= 15 is 0 Å². The molecule has 0 saturated heterocycles. The topological polar surface area (TPSA) is 0 Å². The molecule has 0 bridgehead atoms. The average Bonchev–Trinajstić information content (AvgIpc) is 1.86. The van der Waals surface area contributed by atoms with Gasteiger partial charge in [0.2, 0.25) is 0 Å². The molecule has 0 nitrogen and oxygen atoms in total. The molecular weight excluding hydrogens is 176 g/mol. The first-order valence-electron chi connectivity index (χ1n) is 2.99. The first kappa shape index (κ1) is 11.9. The van der Waals surface area contributed by atoms with Crippen LogP contribution in [-0.2, 0) is 6.18 Å². The molecule has 0 saturated carbocycles. The second-order valence-electron chi connectivity index (χ2n) is 2.19. The zero-order valence-electron chi connectivity index (χ0n) is 6.65. The fourth-order valence-corrected chi connectivity index (χ4v) is 0.694. The van der Waals surface area contributed by atoms with Crippen molar-refractivity contribution in [2.75, 3.05) is 0 Å². The molecule has 0 amide bonds. The van der Waals surface area contributed by atoms with Crippen LogP contribution in [0.5, 0.6) is 0 Å². The molecule has 0 unspecified atom stereocenters. The number of halogens is 3. The maximum absolute atomic E-state index is 11.9. The summed E-state index contributed by atoms with van der Waals surface area (Å²) in [5.74, 6) is 0. The molecule has 0 aliphatic heterocycles. The molecule has 1 rings (SSSR count). The maximum Gasteiger partial charge on any atom is 1.00 e. The Hall–Kier alpha value is -0.120. The Bertz CT molecular complexity index is 237. The van der Waals surface area contributed by atoms with Gasteiger partial charge >= 0.3 is 35.7 Å². The van der Waals surface area contributed by atoms with Crippen LogP contribution in [0.25, 0.3) is 0 Å². The third-order valence-corrected chi connectivity index (χ3v) is 1.28. The summed E-state index contributed by atoms with van der Waals surface area (Å²) in [7, 11) is 0. The second-order valence-corrected chi connectivity index (χ2v) is 2.19. The van der Waals surface area contributed by atoms with Crippen molar-refractivity contribution in [3.8, 4) is 0 Å². The van der Waals surface area contributed by atoms with Crippen molar-refractivity contribution in [3.63, 3.8) is 0 Å². The van der Waals surface area contributed by atoms with Gasteiger partial charge < -0.3 is 0 Å². The Morgan fingerprint density at radius 2 is 1.42 bits per heavy atom. The van der Waals surface area contributed by atoms with Gasteiger partial charge in [-0.3, -0.25) is 0 Å². The molecular formula is C8H6F3Na. The number of alkyl halides is 3. The number of rotatable bonds is 0. The molecule has 0 aliphatic rings. The molecule has 1 aromatic rings. The van der Waals surface area contributed by atoms with Crippen LogP contribution in [0.4, 0.5) is 13.2 Å². The van der Waals surface area contributed by atoms with E-state index in [2.05, 4.69) is 6.92 Å². The molecule has 0 N–H and O–H groups in total. The van der Waals surface area contributed by atoms with Gasteiger partial charge in [0.25, 0.3) is 0 Å². The predicted octanol–water partition coefficient (Wildman–Crippen LogP) is -0.108. The Kier molecular flexibility index (Phi) is 4.17. The van der Waals surface area contributed by atoms with E-state index in [1.54, 1.807) is 0 Å². The van der Waals surface area contributed by atoms with E-state index < -0.39 is 11.7 Å². The Balaban J connectivity index is 0.00000121. The summed E-state index contributed by atoms with van der Waals surface area (Å²) >= 11 is 0. The summed E-state index contributed by atoms with van der Waals surface area (Å²) in [5, 5.41) is 0. The zero-order valence-corrected chi connectivity index (χ0v) is 8.65. The van der Waals surface area contributed by atoms with Crippen molar-refractivity contribution in [1.29, 1.82) is 0 Å². The van der Waals surface area contributed by atoms with E-state index in [1.807, 2.05) is 0 Å². The van der Waals surface area contributed by atoms with Crippen molar-refractivity contribution in [3.05, 3.63) is 42.3 Å². The van der Waals surface area contributed by atoms with Crippen LogP contribution in [0.2, 0.25) is 0 Å².